The number of benzene rings is 1. The van der Waals surface area contributed by atoms with Crippen LogP contribution in [0.25, 0.3) is 10.2 Å². The Bertz CT molecular complexity index is 1380. The summed E-state index contributed by atoms with van der Waals surface area (Å²) in [4.78, 5) is 4.70. The zero-order chi connectivity index (χ0) is 22.6. The number of thiazole rings is 1. The van der Waals surface area contributed by atoms with E-state index in [4.69, 9.17) is 4.74 Å². The van der Waals surface area contributed by atoms with Gasteiger partial charge in [0.05, 0.1) is 33.4 Å². The van der Waals surface area contributed by atoms with Gasteiger partial charge < -0.3 is 10.1 Å². The van der Waals surface area contributed by atoms with Crippen molar-refractivity contribution in [1.82, 2.24) is 9.71 Å². The number of rotatable bonds is 7. The number of ether oxygens (including phenoxy) is 1. The number of anilines is 1. The first-order valence-electron chi connectivity index (χ1n) is 10.2. The molecule has 2 unspecified atom stereocenters. The van der Waals surface area contributed by atoms with Gasteiger partial charge in [-0.1, -0.05) is 11.3 Å². The molecule has 0 radical (unpaired) electrons. The zero-order valence-corrected chi connectivity index (χ0v) is 20.6. The molecule has 3 aromatic rings. The van der Waals surface area contributed by atoms with E-state index in [-0.39, 0.29) is 11.0 Å². The number of aromatic nitrogens is 1. The highest BCUT2D eigenvalue weighted by Gasteiger charge is 2.45. The number of sulfonamides is 1. The SMILES string of the molecule is CS(=O)(=O)c1sccc1CNc1nc2cc(S(=O)(=O)NC34CCCC(C3)OC4)ccc2s1. The molecule has 0 spiro atoms. The van der Waals surface area contributed by atoms with Crippen molar-refractivity contribution in [3.05, 3.63) is 35.2 Å². The van der Waals surface area contributed by atoms with Gasteiger partial charge in [0.1, 0.15) is 4.21 Å². The molecule has 5 rings (SSSR count). The molecule has 0 amide bonds. The fourth-order valence-electron chi connectivity index (χ4n) is 4.42. The van der Waals surface area contributed by atoms with Crippen molar-refractivity contribution in [1.29, 1.82) is 0 Å². The second-order valence-electron chi connectivity index (χ2n) is 8.42. The summed E-state index contributed by atoms with van der Waals surface area (Å²) >= 11 is 2.59. The Morgan fingerprint density at radius 3 is 2.91 bits per heavy atom. The van der Waals surface area contributed by atoms with Gasteiger partial charge in [-0.15, -0.1) is 11.3 Å². The predicted molar refractivity (Wildman–Crippen MR) is 126 cm³/mol. The zero-order valence-electron chi connectivity index (χ0n) is 17.3. The number of nitrogens with zero attached hydrogens (tertiary/aromatic N) is 1. The third-order valence-electron chi connectivity index (χ3n) is 5.89. The van der Waals surface area contributed by atoms with E-state index in [1.165, 1.54) is 28.9 Å². The van der Waals surface area contributed by atoms with Crippen LogP contribution in [0, 0.1) is 0 Å². The van der Waals surface area contributed by atoms with Gasteiger partial charge in [0.15, 0.2) is 15.0 Å². The average Bonchev–Trinajstić information content (AvgIpc) is 3.42. The lowest BCUT2D eigenvalue weighted by Crippen LogP contribution is -2.50. The van der Waals surface area contributed by atoms with Gasteiger partial charge in [-0.05, 0) is 55.3 Å². The second kappa shape index (κ2) is 8.03. The first-order chi connectivity index (χ1) is 15.1. The number of hydrogen-bond acceptors (Lipinski definition) is 9. The van der Waals surface area contributed by atoms with Crippen molar-refractivity contribution in [2.24, 2.45) is 0 Å². The van der Waals surface area contributed by atoms with E-state index in [1.807, 2.05) is 0 Å². The first-order valence-corrected chi connectivity index (χ1v) is 15.3. The summed E-state index contributed by atoms with van der Waals surface area (Å²) in [5, 5.41) is 5.51. The molecule has 2 bridgehead atoms. The van der Waals surface area contributed by atoms with Crippen LogP contribution < -0.4 is 10.0 Å². The molecule has 3 heterocycles. The monoisotopic (exact) mass is 513 g/mol. The van der Waals surface area contributed by atoms with E-state index >= 15 is 0 Å². The lowest BCUT2D eigenvalue weighted by atomic mass is 9.84. The summed E-state index contributed by atoms with van der Waals surface area (Å²) in [6.07, 6.45) is 4.79. The van der Waals surface area contributed by atoms with Gasteiger partial charge in [0, 0.05) is 18.4 Å². The molecule has 1 aliphatic heterocycles. The number of hydrogen-bond donors (Lipinski definition) is 2. The molecule has 172 valence electrons. The largest absolute Gasteiger partial charge is 0.376 e. The van der Waals surface area contributed by atoms with Crippen molar-refractivity contribution in [2.45, 2.75) is 53.0 Å². The summed E-state index contributed by atoms with van der Waals surface area (Å²) in [5.74, 6) is 0. The summed E-state index contributed by atoms with van der Waals surface area (Å²) < 4.78 is 59.8. The van der Waals surface area contributed by atoms with E-state index in [2.05, 4.69) is 15.0 Å². The maximum absolute atomic E-state index is 13.1. The highest BCUT2D eigenvalue weighted by atomic mass is 32.2. The Morgan fingerprint density at radius 1 is 1.25 bits per heavy atom. The van der Waals surface area contributed by atoms with E-state index < -0.39 is 25.4 Å². The molecule has 32 heavy (non-hydrogen) atoms. The third-order valence-corrected chi connectivity index (χ3v) is 11.3. The number of nitrogens with one attached hydrogen (secondary N) is 2. The van der Waals surface area contributed by atoms with Crippen molar-refractivity contribution in [3.63, 3.8) is 0 Å². The van der Waals surface area contributed by atoms with Gasteiger partial charge in [-0.25, -0.2) is 26.5 Å². The maximum Gasteiger partial charge on any atom is 0.241 e. The van der Waals surface area contributed by atoms with Crippen LogP contribution in [0.5, 0.6) is 0 Å². The van der Waals surface area contributed by atoms with E-state index in [0.717, 1.165) is 30.4 Å². The summed E-state index contributed by atoms with van der Waals surface area (Å²) in [6, 6.07) is 6.71. The lowest BCUT2D eigenvalue weighted by Gasteiger charge is -2.31. The van der Waals surface area contributed by atoms with Crippen LogP contribution in [0.15, 0.2) is 38.8 Å². The van der Waals surface area contributed by atoms with Gasteiger partial charge in [-0.3, -0.25) is 0 Å². The van der Waals surface area contributed by atoms with Crippen LogP contribution >= 0.6 is 22.7 Å². The normalized spacial score (nSPS) is 23.6. The van der Waals surface area contributed by atoms with Crippen LogP contribution in [0.2, 0.25) is 0 Å². The predicted octanol–water partition coefficient (Wildman–Crippen LogP) is 3.36. The average molecular weight is 514 g/mol. The standard InChI is InChI=1S/C20H23N3O5S4/c1-31(24,25)18-13(6-8-29-18)11-21-19-22-16-9-15(4-5-17(16)30-19)32(26,27)23-20-7-2-3-14(10-20)28-12-20/h4-6,8-9,14,23H,2-3,7,10-12H2,1H3,(H,21,22). The molecule has 8 nitrogen and oxygen atoms in total. The summed E-state index contributed by atoms with van der Waals surface area (Å²) in [5.41, 5.74) is 0.757. The van der Waals surface area contributed by atoms with E-state index in [0.29, 0.717) is 33.6 Å². The Balaban J connectivity index is 1.34. The van der Waals surface area contributed by atoms with E-state index in [9.17, 15) is 16.8 Å². The Kier molecular flexibility index (Phi) is 5.58. The van der Waals surface area contributed by atoms with Crippen LogP contribution in [0.3, 0.4) is 0 Å². The number of sulfone groups is 1. The molecule has 12 heteroatoms. The number of thiophene rings is 1. The van der Waals surface area contributed by atoms with Crippen LogP contribution in [-0.2, 0) is 31.1 Å². The topological polar surface area (TPSA) is 114 Å². The molecular formula is C20H23N3O5S4. The fraction of sp³-hybridized carbons (Fsp3) is 0.450. The van der Waals surface area contributed by atoms with Crippen LogP contribution in [-0.4, -0.2) is 46.3 Å². The van der Waals surface area contributed by atoms with Gasteiger partial charge >= 0.3 is 0 Å². The summed E-state index contributed by atoms with van der Waals surface area (Å²) in [6.45, 7) is 0.740. The first kappa shape index (κ1) is 22.2. The van der Waals surface area contributed by atoms with Crippen molar-refractivity contribution >= 4 is 57.9 Å². The summed E-state index contributed by atoms with van der Waals surface area (Å²) in [7, 11) is -6.99. The Hall–Kier alpha value is -1.57. The molecule has 1 aromatic carbocycles. The lowest BCUT2D eigenvalue weighted by molar-refractivity contribution is 0.106. The van der Waals surface area contributed by atoms with E-state index in [1.54, 1.807) is 29.6 Å². The van der Waals surface area contributed by atoms with Crippen LogP contribution in [0.1, 0.15) is 31.2 Å². The maximum atomic E-state index is 13.1. The fourth-order valence-corrected chi connectivity index (χ4v) is 8.84. The van der Waals surface area contributed by atoms with Crippen LogP contribution in [0.4, 0.5) is 5.13 Å². The molecule has 2 aliphatic rings. The molecule has 2 fully saturated rings. The molecule has 1 saturated heterocycles. The molecular weight excluding hydrogens is 491 g/mol. The van der Waals surface area contributed by atoms with Gasteiger partial charge in [0.25, 0.3) is 0 Å². The van der Waals surface area contributed by atoms with Crippen molar-refractivity contribution in [2.75, 3.05) is 18.2 Å². The second-order valence-corrected chi connectivity index (χ2v) is 14.3. The Labute approximate surface area is 195 Å². The highest BCUT2D eigenvalue weighted by molar-refractivity contribution is 7.92. The molecule has 2 aromatic heterocycles. The highest BCUT2D eigenvalue weighted by Crippen LogP contribution is 2.38. The van der Waals surface area contributed by atoms with Crippen molar-refractivity contribution in [3.8, 4) is 0 Å². The van der Waals surface area contributed by atoms with Gasteiger partial charge in [0.2, 0.25) is 10.0 Å². The van der Waals surface area contributed by atoms with Crippen molar-refractivity contribution < 1.29 is 21.6 Å². The molecule has 2 atom stereocenters. The smallest absolute Gasteiger partial charge is 0.241 e. The molecule has 1 aliphatic carbocycles. The minimum Gasteiger partial charge on any atom is -0.376 e. The minimum atomic E-state index is -3.71. The number of fused-ring (bicyclic) bond motifs is 3. The quantitative estimate of drug-likeness (QED) is 0.498. The molecule has 2 N–H and O–H groups in total. The molecule has 1 saturated carbocycles. The Morgan fingerprint density at radius 2 is 2.09 bits per heavy atom. The van der Waals surface area contributed by atoms with Gasteiger partial charge in [-0.2, -0.15) is 0 Å². The minimum absolute atomic E-state index is 0.146. The third kappa shape index (κ3) is 4.31.